The highest BCUT2D eigenvalue weighted by Crippen LogP contribution is 2.41. The van der Waals surface area contributed by atoms with E-state index >= 15 is 0 Å². The van der Waals surface area contributed by atoms with Crippen molar-refractivity contribution in [1.82, 2.24) is 0 Å². The number of nitrogens with zero attached hydrogens (tertiary/aromatic N) is 1. The highest BCUT2D eigenvalue weighted by molar-refractivity contribution is 6.10. The summed E-state index contributed by atoms with van der Waals surface area (Å²) >= 11 is 0. The van der Waals surface area contributed by atoms with Crippen LogP contribution >= 0.6 is 0 Å². The van der Waals surface area contributed by atoms with Gasteiger partial charge in [-0.05, 0) is 66.9 Å². The Morgan fingerprint density at radius 2 is 1.68 bits per heavy atom. The molecule has 7 nitrogen and oxygen atoms in total. The van der Waals surface area contributed by atoms with Crippen LogP contribution in [0.2, 0.25) is 0 Å². The van der Waals surface area contributed by atoms with Gasteiger partial charge in [-0.2, -0.15) is 0 Å². The van der Waals surface area contributed by atoms with E-state index in [2.05, 4.69) is 0 Å². The van der Waals surface area contributed by atoms with Crippen molar-refractivity contribution in [2.45, 2.75) is 19.9 Å². The van der Waals surface area contributed by atoms with E-state index in [1.807, 2.05) is 50.2 Å². The number of hydrogen-bond acceptors (Lipinski definition) is 5. The number of para-hydroxylation sites is 1. The molecule has 1 aliphatic rings. The monoisotopic (exact) mass is 454 g/mol. The molecule has 0 spiro atoms. The van der Waals surface area contributed by atoms with Crippen LogP contribution in [0.1, 0.15) is 38.9 Å². The van der Waals surface area contributed by atoms with Crippen molar-refractivity contribution < 1.29 is 18.7 Å². The number of carbonyl (C=O) groups excluding carboxylic acids is 2. The molecule has 4 aromatic rings. The summed E-state index contributed by atoms with van der Waals surface area (Å²) in [6.45, 7) is 3.63. The number of rotatable bonds is 5. The summed E-state index contributed by atoms with van der Waals surface area (Å²) in [6.07, 6.45) is 0. The number of fused-ring (bicyclic) bond motifs is 2. The summed E-state index contributed by atoms with van der Waals surface area (Å²) in [5.41, 5.74) is 8.91. The van der Waals surface area contributed by atoms with Crippen LogP contribution in [-0.4, -0.2) is 18.4 Å². The Hall–Kier alpha value is -4.39. The van der Waals surface area contributed by atoms with Crippen LogP contribution < -0.4 is 20.8 Å². The third kappa shape index (κ3) is 3.51. The van der Waals surface area contributed by atoms with Crippen molar-refractivity contribution in [3.05, 3.63) is 105 Å². The van der Waals surface area contributed by atoms with Crippen molar-refractivity contribution in [3.63, 3.8) is 0 Å². The van der Waals surface area contributed by atoms with Gasteiger partial charge in [0.25, 0.3) is 11.8 Å². The van der Waals surface area contributed by atoms with E-state index in [-0.39, 0.29) is 23.7 Å². The third-order valence-corrected chi connectivity index (χ3v) is 6.10. The van der Waals surface area contributed by atoms with E-state index in [1.165, 1.54) is 0 Å². The van der Waals surface area contributed by atoms with Gasteiger partial charge in [0.05, 0.1) is 17.0 Å². The number of carbonyl (C=O) groups is 2. The number of amides is 2. The van der Waals surface area contributed by atoms with Gasteiger partial charge in [0.1, 0.15) is 11.3 Å². The Morgan fingerprint density at radius 3 is 2.35 bits per heavy atom. The molecule has 2 amide bonds. The lowest BCUT2D eigenvalue weighted by Crippen LogP contribution is -2.29. The average molecular weight is 454 g/mol. The first-order valence-electron chi connectivity index (χ1n) is 10.8. The van der Waals surface area contributed by atoms with Gasteiger partial charge in [0, 0.05) is 5.69 Å². The normalized spacial score (nSPS) is 14.9. The molecule has 2 heterocycles. The van der Waals surface area contributed by atoms with Crippen molar-refractivity contribution in [2.24, 2.45) is 5.73 Å². The first-order valence-corrected chi connectivity index (χ1v) is 10.8. The minimum absolute atomic E-state index is 0.0451. The molecule has 0 aliphatic carbocycles. The molecule has 170 valence electrons. The predicted octanol–water partition coefficient (Wildman–Crippen LogP) is 4.02. The van der Waals surface area contributed by atoms with Crippen LogP contribution in [0.5, 0.6) is 5.75 Å². The molecule has 2 N–H and O–H groups in total. The molecule has 1 aromatic heterocycles. The number of anilines is 1. The highest BCUT2D eigenvalue weighted by Gasteiger charge is 2.43. The molecule has 1 unspecified atom stereocenters. The topological polar surface area (TPSA) is 103 Å². The molecule has 0 fully saturated rings. The van der Waals surface area contributed by atoms with Gasteiger partial charge in [0.15, 0.2) is 12.0 Å². The zero-order chi connectivity index (χ0) is 24.0. The standard InChI is InChI=1S/C27H22N2O5/c1-15-12-20-21(13-16(15)2)34-26-23(25(20)31)24(29(27(26)32)18-6-4-3-5-7-18)17-8-10-19(11-9-17)33-14-22(28)30/h3-13,24H,14H2,1-2H3,(H2,28,30). The maximum atomic E-state index is 13.7. The van der Waals surface area contributed by atoms with E-state index in [1.54, 1.807) is 35.2 Å². The number of benzene rings is 3. The van der Waals surface area contributed by atoms with Gasteiger partial charge in [-0.15, -0.1) is 0 Å². The van der Waals surface area contributed by atoms with Gasteiger partial charge < -0.3 is 14.9 Å². The summed E-state index contributed by atoms with van der Waals surface area (Å²) in [5.74, 6) is -0.458. The van der Waals surface area contributed by atoms with Gasteiger partial charge >= 0.3 is 0 Å². The Balaban J connectivity index is 1.70. The van der Waals surface area contributed by atoms with Crippen LogP contribution in [0.15, 0.2) is 75.9 Å². The zero-order valence-electron chi connectivity index (χ0n) is 18.7. The molecule has 0 saturated carbocycles. The fraction of sp³-hybridized carbons (Fsp3) is 0.148. The molecule has 0 bridgehead atoms. The molecule has 0 saturated heterocycles. The lowest BCUT2D eigenvalue weighted by Gasteiger charge is -2.25. The van der Waals surface area contributed by atoms with Crippen LogP contribution in [0.3, 0.4) is 0 Å². The Kier molecular flexibility index (Phi) is 5.17. The minimum Gasteiger partial charge on any atom is -0.484 e. The van der Waals surface area contributed by atoms with Gasteiger partial charge in [-0.25, -0.2) is 0 Å². The molecule has 1 atom stereocenters. The molecule has 1 aliphatic heterocycles. The SMILES string of the molecule is Cc1cc2oc3c(c(=O)c2cc1C)C(c1ccc(OCC(N)=O)cc1)N(c1ccccc1)C3=O. The Bertz CT molecular complexity index is 1490. The van der Waals surface area contributed by atoms with Gasteiger partial charge in [0.2, 0.25) is 5.76 Å². The van der Waals surface area contributed by atoms with Crippen LogP contribution in [-0.2, 0) is 4.79 Å². The first kappa shape index (κ1) is 21.5. The van der Waals surface area contributed by atoms with Gasteiger partial charge in [-0.1, -0.05) is 30.3 Å². The molecular weight excluding hydrogens is 432 g/mol. The van der Waals surface area contributed by atoms with Crippen molar-refractivity contribution in [2.75, 3.05) is 11.5 Å². The highest BCUT2D eigenvalue weighted by atomic mass is 16.5. The molecule has 7 heteroatoms. The van der Waals surface area contributed by atoms with Crippen LogP contribution in [0, 0.1) is 13.8 Å². The predicted molar refractivity (Wildman–Crippen MR) is 128 cm³/mol. The second kappa shape index (κ2) is 8.19. The van der Waals surface area contributed by atoms with Crippen LogP contribution in [0.25, 0.3) is 11.0 Å². The summed E-state index contributed by atoms with van der Waals surface area (Å²) in [7, 11) is 0. The molecule has 34 heavy (non-hydrogen) atoms. The van der Waals surface area contributed by atoms with E-state index < -0.39 is 11.9 Å². The van der Waals surface area contributed by atoms with Crippen molar-refractivity contribution in [1.29, 1.82) is 0 Å². The summed E-state index contributed by atoms with van der Waals surface area (Å²) in [5, 5.41) is 0.441. The second-order valence-electron chi connectivity index (χ2n) is 8.34. The first-order chi connectivity index (χ1) is 16.3. The van der Waals surface area contributed by atoms with E-state index in [9.17, 15) is 14.4 Å². The molecule has 5 rings (SSSR count). The van der Waals surface area contributed by atoms with Gasteiger partial charge in [-0.3, -0.25) is 19.3 Å². The number of ether oxygens (including phenoxy) is 1. The number of primary amides is 1. The average Bonchev–Trinajstić information content (AvgIpc) is 3.12. The van der Waals surface area contributed by atoms with Crippen molar-refractivity contribution in [3.8, 4) is 5.75 Å². The van der Waals surface area contributed by atoms with E-state index in [4.69, 9.17) is 14.9 Å². The second-order valence-corrected chi connectivity index (χ2v) is 8.34. The fourth-order valence-electron chi connectivity index (χ4n) is 4.30. The lowest BCUT2D eigenvalue weighted by molar-refractivity contribution is -0.119. The molecule has 0 radical (unpaired) electrons. The maximum Gasteiger partial charge on any atom is 0.295 e. The third-order valence-electron chi connectivity index (χ3n) is 6.10. The Morgan fingerprint density at radius 1 is 1.00 bits per heavy atom. The zero-order valence-corrected chi connectivity index (χ0v) is 18.7. The summed E-state index contributed by atoms with van der Waals surface area (Å²) in [6, 6.07) is 19.0. The largest absolute Gasteiger partial charge is 0.484 e. The lowest BCUT2D eigenvalue weighted by atomic mass is 9.97. The van der Waals surface area contributed by atoms with E-state index in [0.29, 0.717) is 33.5 Å². The van der Waals surface area contributed by atoms with Crippen molar-refractivity contribution >= 4 is 28.5 Å². The quantitative estimate of drug-likeness (QED) is 0.491. The molecule has 3 aromatic carbocycles. The van der Waals surface area contributed by atoms with Crippen LogP contribution in [0.4, 0.5) is 5.69 Å². The van der Waals surface area contributed by atoms with E-state index in [0.717, 1.165) is 11.1 Å². The smallest absolute Gasteiger partial charge is 0.295 e. The number of nitrogens with two attached hydrogens (primary N) is 1. The number of hydrogen-bond donors (Lipinski definition) is 1. The fourth-order valence-corrected chi connectivity index (χ4v) is 4.30. The summed E-state index contributed by atoms with van der Waals surface area (Å²) < 4.78 is 11.4. The minimum atomic E-state index is -0.683. The molecular formula is C27H22N2O5. The number of aryl methyl sites for hydroxylation is 2. The Labute approximate surface area is 195 Å². The summed E-state index contributed by atoms with van der Waals surface area (Å²) in [4.78, 5) is 39.9. The maximum absolute atomic E-state index is 13.7.